The third kappa shape index (κ3) is 18.4. The molecule has 1 aliphatic rings. The largest absolute Gasteiger partial charge is 0.466 e. The first-order valence-electron chi connectivity index (χ1n) is 15.2. The molecule has 0 aromatic rings. The lowest BCUT2D eigenvalue weighted by molar-refractivity contribution is -0.146. The second-order valence-electron chi connectivity index (χ2n) is 10.8. The number of unbranched alkanes of at least 4 members (excludes halogenated alkanes) is 8. The number of carbonyl (C=O) groups excluding carboxylic acids is 2. The van der Waals surface area contributed by atoms with Crippen molar-refractivity contribution in [2.45, 2.75) is 129 Å². The van der Waals surface area contributed by atoms with Crippen LogP contribution in [0.5, 0.6) is 0 Å². The van der Waals surface area contributed by atoms with E-state index >= 15 is 0 Å². The van der Waals surface area contributed by atoms with Crippen molar-refractivity contribution >= 4 is 23.5 Å². The van der Waals surface area contributed by atoms with E-state index in [0.717, 1.165) is 51.7 Å². The molecule has 5 nitrogen and oxygen atoms in total. The molecule has 1 saturated heterocycles. The molecule has 0 radical (unpaired) electrons. The topological polar surface area (TPSA) is 55.8 Å². The summed E-state index contributed by atoms with van der Waals surface area (Å²) in [7, 11) is 0. The van der Waals surface area contributed by atoms with E-state index in [4.69, 9.17) is 21.1 Å². The number of ether oxygens (including phenoxy) is 2. The second-order valence-corrected chi connectivity index (χ2v) is 11.2. The minimum absolute atomic E-state index is 0.173. The van der Waals surface area contributed by atoms with Crippen molar-refractivity contribution in [1.82, 2.24) is 4.90 Å². The molecule has 1 rings (SSSR count). The lowest BCUT2D eigenvalue weighted by atomic mass is 9.94. The molecule has 0 aliphatic carbocycles. The van der Waals surface area contributed by atoms with E-state index in [0.29, 0.717) is 50.2 Å². The van der Waals surface area contributed by atoms with Crippen LogP contribution in [0.4, 0.5) is 0 Å². The van der Waals surface area contributed by atoms with Gasteiger partial charge < -0.3 is 14.4 Å². The van der Waals surface area contributed by atoms with Gasteiger partial charge in [0.05, 0.1) is 13.2 Å². The SMILES string of the molecule is CCCCCCCCC(CCCCCC)COC(=O)CCCC(=O)OCCC1CCN(CCCl)CC1. The van der Waals surface area contributed by atoms with Crippen molar-refractivity contribution in [3.8, 4) is 0 Å². The molecule has 0 amide bonds. The van der Waals surface area contributed by atoms with Crippen LogP contribution in [0.2, 0.25) is 0 Å². The number of hydrogen-bond acceptors (Lipinski definition) is 5. The van der Waals surface area contributed by atoms with E-state index in [9.17, 15) is 9.59 Å². The summed E-state index contributed by atoms with van der Waals surface area (Å²) < 4.78 is 11.0. The summed E-state index contributed by atoms with van der Waals surface area (Å²) in [5.41, 5.74) is 0. The van der Waals surface area contributed by atoms with Gasteiger partial charge in [-0.2, -0.15) is 0 Å². The summed E-state index contributed by atoms with van der Waals surface area (Å²) in [5.74, 6) is 1.43. The third-order valence-electron chi connectivity index (χ3n) is 7.57. The van der Waals surface area contributed by atoms with Crippen LogP contribution in [-0.4, -0.2) is 55.6 Å². The Balaban J connectivity index is 2.13. The number of rotatable bonds is 23. The molecule has 0 N–H and O–H groups in total. The fourth-order valence-electron chi connectivity index (χ4n) is 5.07. The van der Waals surface area contributed by atoms with E-state index in [1.54, 1.807) is 0 Å². The van der Waals surface area contributed by atoms with Gasteiger partial charge in [-0.05, 0) is 63.5 Å². The summed E-state index contributed by atoms with van der Waals surface area (Å²) in [6.07, 6.45) is 19.5. The predicted octanol–water partition coefficient (Wildman–Crippen LogP) is 7.92. The van der Waals surface area contributed by atoms with Gasteiger partial charge in [0.15, 0.2) is 0 Å². The molecule has 0 aromatic heterocycles. The highest BCUT2D eigenvalue weighted by atomic mass is 35.5. The first kappa shape index (κ1) is 33.2. The van der Waals surface area contributed by atoms with Crippen LogP contribution in [-0.2, 0) is 19.1 Å². The molecule has 0 aromatic carbocycles. The summed E-state index contributed by atoms with van der Waals surface area (Å²) in [4.78, 5) is 26.7. The lowest BCUT2D eigenvalue weighted by Crippen LogP contribution is -2.35. The van der Waals surface area contributed by atoms with Gasteiger partial charge in [-0.25, -0.2) is 0 Å². The first-order chi connectivity index (χ1) is 17.6. The van der Waals surface area contributed by atoms with Crippen LogP contribution in [0.15, 0.2) is 0 Å². The highest BCUT2D eigenvalue weighted by molar-refractivity contribution is 6.18. The highest BCUT2D eigenvalue weighted by Crippen LogP contribution is 2.21. The molecule has 0 saturated carbocycles. The Kier molecular flexibility index (Phi) is 21.5. The number of esters is 2. The Morgan fingerprint density at radius 2 is 1.36 bits per heavy atom. The number of halogens is 1. The zero-order valence-corrected chi connectivity index (χ0v) is 24.3. The predicted molar refractivity (Wildman–Crippen MR) is 151 cm³/mol. The van der Waals surface area contributed by atoms with Gasteiger partial charge in [0.1, 0.15) is 0 Å². The highest BCUT2D eigenvalue weighted by Gasteiger charge is 2.19. The number of nitrogens with zero attached hydrogens (tertiary/aromatic N) is 1. The van der Waals surface area contributed by atoms with Crippen molar-refractivity contribution in [2.24, 2.45) is 11.8 Å². The molecule has 6 heteroatoms. The summed E-state index contributed by atoms with van der Waals surface area (Å²) in [6.45, 7) is 8.65. The smallest absolute Gasteiger partial charge is 0.305 e. The van der Waals surface area contributed by atoms with Crippen LogP contribution in [0.1, 0.15) is 129 Å². The third-order valence-corrected chi connectivity index (χ3v) is 7.74. The Labute approximate surface area is 227 Å². The zero-order chi connectivity index (χ0) is 26.3. The van der Waals surface area contributed by atoms with Crippen LogP contribution in [0.25, 0.3) is 0 Å². The molecule has 36 heavy (non-hydrogen) atoms. The fraction of sp³-hybridized carbons (Fsp3) is 0.933. The fourth-order valence-corrected chi connectivity index (χ4v) is 5.31. The van der Waals surface area contributed by atoms with Gasteiger partial charge in [0.25, 0.3) is 0 Å². The quantitative estimate of drug-likeness (QED) is 0.0764. The van der Waals surface area contributed by atoms with E-state index in [1.165, 1.54) is 64.2 Å². The van der Waals surface area contributed by atoms with Gasteiger partial charge in [-0.3, -0.25) is 9.59 Å². The maximum Gasteiger partial charge on any atom is 0.305 e. The molecule has 0 bridgehead atoms. The molecule has 1 heterocycles. The molecule has 1 fully saturated rings. The molecule has 1 atom stereocenters. The van der Waals surface area contributed by atoms with E-state index in [2.05, 4.69) is 18.7 Å². The maximum atomic E-state index is 12.3. The summed E-state index contributed by atoms with van der Waals surface area (Å²) >= 11 is 5.82. The van der Waals surface area contributed by atoms with E-state index < -0.39 is 0 Å². The number of alkyl halides is 1. The average molecular weight is 530 g/mol. The maximum absolute atomic E-state index is 12.3. The van der Waals surface area contributed by atoms with E-state index in [-0.39, 0.29) is 11.9 Å². The monoisotopic (exact) mass is 529 g/mol. The molecule has 1 aliphatic heterocycles. The van der Waals surface area contributed by atoms with E-state index in [1.807, 2.05) is 0 Å². The van der Waals surface area contributed by atoms with Crippen LogP contribution >= 0.6 is 11.6 Å². The molecule has 0 spiro atoms. The van der Waals surface area contributed by atoms with Crippen molar-refractivity contribution in [3.05, 3.63) is 0 Å². The molecular weight excluding hydrogens is 474 g/mol. The summed E-state index contributed by atoms with van der Waals surface area (Å²) in [6, 6.07) is 0. The van der Waals surface area contributed by atoms with Crippen LogP contribution < -0.4 is 0 Å². The van der Waals surface area contributed by atoms with Gasteiger partial charge in [-0.15, -0.1) is 11.6 Å². The van der Waals surface area contributed by atoms with Crippen molar-refractivity contribution in [1.29, 1.82) is 0 Å². The number of piperidine rings is 1. The molecule has 212 valence electrons. The second kappa shape index (κ2) is 23.3. The number of likely N-dealkylation sites (tertiary alicyclic amines) is 1. The Morgan fingerprint density at radius 3 is 1.97 bits per heavy atom. The van der Waals surface area contributed by atoms with Crippen LogP contribution in [0.3, 0.4) is 0 Å². The number of carbonyl (C=O) groups is 2. The van der Waals surface area contributed by atoms with Gasteiger partial charge in [0, 0.05) is 25.3 Å². The van der Waals surface area contributed by atoms with Gasteiger partial charge in [0.2, 0.25) is 0 Å². The lowest BCUT2D eigenvalue weighted by Gasteiger charge is -2.31. The molecular formula is C30H56ClNO4. The van der Waals surface area contributed by atoms with Crippen molar-refractivity contribution in [2.75, 3.05) is 38.7 Å². The first-order valence-corrected chi connectivity index (χ1v) is 15.7. The average Bonchev–Trinajstić information content (AvgIpc) is 2.88. The van der Waals surface area contributed by atoms with Crippen molar-refractivity contribution < 1.29 is 19.1 Å². The number of hydrogen-bond donors (Lipinski definition) is 0. The Bertz CT molecular complexity index is 537. The zero-order valence-electron chi connectivity index (χ0n) is 23.6. The Morgan fingerprint density at radius 1 is 0.806 bits per heavy atom. The van der Waals surface area contributed by atoms with Crippen molar-refractivity contribution in [3.63, 3.8) is 0 Å². The standard InChI is InChI=1S/C30H56ClNO4/c1-3-5-7-9-10-12-15-28(14-11-8-6-4-2)26-36-30(34)17-13-16-29(33)35-25-20-27-18-22-32(23-19-27)24-21-31/h27-28H,3-26H2,1-2H3. The normalized spacial score (nSPS) is 15.6. The summed E-state index contributed by atoms with van der Waals surface area (Å²) in [5, 5.41) is 0. The van der Waals surface area contributed by atoms with Gasteiger partial charge in [-0.1, -0.05) is 78.1 Å². The van der Waals surface area contributed by atoms with Crippen LogP contribution in [0, 0.1) is 11.8 Å². The minimum atomic E-state index is -0.195. The minimum Gasteiger partial charge on any atom is -0.466 e. The Hall–Kier alpha value is -0.810. The van der Waals surface area contributed by atoms with Gasteiger partial charge >= 0.3 is 11.9 Å². The molecule has 1 unspecified atom stereocenters.